The molecule has 0 radical (unpaired) electrons. The van der Waals surface area contributed by atoms with Crippen molar-refractivity contribution >= 4 is 28.9 Å². The van der Waals surface area contributed by atoms with Crippen LogP contribution >= 0.6 is 23.2 Å². The van der Waals surface area contributed by atoms with E-state index in [0.717, 1.165) is 6.42 Å². The molecule has 1 atom stereocenters. The Labute approximate surface area is 103 Å². The molecule has 1 rings (SSSR count). The number of nitrogens with zero attached hydrogens (tertiary/aromatic N) is 1. The highest BCUT2D eigenvalue weighted by atomic mass is 35.5. The Balaban J connectivity index is 3.14. The molecule has 2 N–H and O–H groups in total. The molecule has 0 aromatic heterocycles. The van der Waals surface area contributed by atoms with Gasteiger partial charge >= 0.3 is 0 Å². The van der Waals surface area contributed by atoms with E-state index in [2.05, 4.69) is 0 Å². The van der Waals surface area contributed by atoms with Gasteiger partial charge in [-0.1, -0.05) is 30.1 Å². The van der Waals surface area contributed by atoms with Crippen molar-refractivity contribution in [3.63, 3.8) is 0 Å². The molecule has 0 aliphatic carbocycles. The summed E-state index contributed by atoms with van der Waals surface area (Å²) in [5, 5.41) is 11.3. The van der Waals surface area contributed by atoms with Crippen LogP contribution in [0.25, 0.3) is 0 Å². The second kappa shape index (κ2) is 5.48. The third kappa shape index (κ3) is 3.07. The van der Waals surface area contributed by atoms with Crippen LogP contribution in [0.4, 0.5) is 5.69 Å². The van der Waals surface area contributed by atoms with E-state index in [4.69, 9.17) is 28.9 Å². The molecule has 1 aromatic rings. The van der Waals surface area contributed by atoms with Crippen molar-refractivity contribution in [1.82, 2.24) is 0 Å². The maximum absolute atomic E-state index is 10.8. The first kappa shape index (κ1) is 13.2. The van der Waals surface area contributed by atoms with Crippen molar-refractivity contribution in [1.29, 1.82) is 0 Å². The zero-order valence-corrected chi connectivity index (χ0v) is 10.3. The molecule has 0 saturated heterocycles. The Bertz CT molecular complexity index is 410. The first-order valence-corrected chi connectivity index (χ1v) is 5.59. The average Bonchev–Trinajstić information content (AvgIpc) is 2.22. The summed E-state index contributed by atoms with van der Waals surface area (Å²) in [6.45, 7) is 1.92. The topological polar surface area (TPSA) is 69.2 Å². The van der Waals surface area contributed by atoms with Gasteiger partial charge in [-0.05, 0) is 18.9 Å². The Hall–Kier alpha value is -0.840. The lowest BCUT2D eigenvalue weighted by atomic mass is 10.0. The molecule has 4 nitrogen and oxygen atoms in total. The van der Waals surface area contributed by atoms with Gasteiger partial charge in [0, 0.05) is 17.7 Å². The Morgan fingerprint density at radius 2 is 2.00 bits per heavy atom. The van der Waals surface area contributed by atoms with E-state index in [-0.39, 0.29) is 16.8 Å². The van der Waals surface area contributed by atoms with E-state index >= 15 is 0 Å². The van der Waals surface area contributed by atoms with Crippen LogP contribution in [-0.4, -0.2) is 11.0 Å². The van der Waals surface area contributed by atoms with Crippen LogP contribution in [0.2, 0.25) is 10.0 Å². The fourth-order valence-electron chi connectivity index (χ4n) is 1.34. The second-order valence-electron chi connectivity index (χ2n) is 3.52. The molecule has 0 aliphatic heterocycles. The van der Waals surface area contributed by atoms with Gasteiger partial charge < -0.3 is 5.73 Å². The fourth-order valence-corrected chi connectivity index (χ4v) is 1.68. The van der Waals surface area contributed by atoms with Gasteiger partial charge in [-0.2, -0.15) is 0 Å². The molecule has 16 heavy (non-hydrogen) atoms. The second-order valence-corrected chi connectivity index (χ2v) is 4.34. The summed E-state index contributed by atoms with van der Waals surface area (Å²) in [5.41, 5.74) is 6.26. The maximum Gasteiger partial charge on any atom is 0.274 e. The van der Waals surface area contributed by atoms with E-state index < -0.39 is 4.92 Å². The molecule has 1 unspecified atom stereocenters. The lowest BCUT2D eigenvalue weighted by molar-refractivity contribution is -0.385. The van der Waals surface area contributed by atoms with Crippen molar-refractivity contribution < 1.29 is 4.92 Å². The third-order valence-corrected chi connectivity index (χ3v) is 3.05. The first-order valence-electron chi connectivity index (χ1n) is 4.83. The minimum Gasteiger partial charge on any atom is -0.327 e. The Kier molecular flexibility index (Phi) is 4.53. The van der Waals surface area contributed by atoms with Gasteiger partial charge in [-0.25, -0.2) is 0 Å². The summed E-state index contributed by atoms with van der Waals surface area (Å²) in [6, 6.07) is 2.66. The molecule has 0 spiro atoms. The molecular weight excluding hydrogens is 251 g/mol. The summed E-state index contributed by atoms with van der Waals surface area (Å²) >= 11 is 11.6. The van der Waals surface area contributed by atoms with Gasteiger partial charge in [-0.3, -0.25) is 10.1 Å². The van der Waals surface area contributed by atoms with E-state index in [1.54, 1.807) is 0 Å². The standard InChI is InChI=1S/C10H12Cl2N2O2/c1-2-7(13)3-6-4-8(11)9(12)5-10(6)14(15)16/h4-5,7H,2-3,13H2,1H3. The fraction of sp³-hybridized carbons (Fsp3) is 0.400. The minimum absolute atomic E-state index is 0.0294. The lowest BCUT2D eigenvalue weighted by Gasteiger charge is -2.09. The van der Waals surface area contributed by atoms with Gasteiger partial charge in [-0.15, -0.1) is 0 Å². The number of nitro benzene ring substituents is 1. The van der Waals surface area contributed by atoms with Crippen LogP contribution in [0, 0.1) is 10.1 Å². The molecule has 0 bridgehead atoms. The molecular formula is C10H12Cl2N2O2. The van der Waals surface area contributed by atoms with Crippen molar-refractivity contribution in [3.8, 4) is 0 Å². The Morgan fingerprint density at radius 1 is 1.44 bits per heavy atom. The highest BCUT2D eigenvalue weighted by Crippen LogP contribution is 2.31. The zero-order valence-electron chi connectivity index (χ0n) is 8.74. The molecule has 0 amide bonds. The number of benzene rings is 1. The number of hydrogen-bond acceptors (Lipinski definition) is 3. The molecule has 6 heteroatoms. The van der Waals surface area contributed by atoms with Crippen LogP contribution < -0.4 is 5.73 Å². The van der Waals surface area contributed by atoms with Gasteiger partial charge in [0.25, 0.3) is 5.69 Å². The molecule has 88 valence electrons. The van der Waals surface area contributed by atoms with Crippen molar-refractivity contribution in [2.75, 3.05) is 0 Å². The van der Waals surface area contributed by atoms with Gasteiger partial charge in [0.1, 0.15) is 0 Å². The zero-order chi connectivity index (χ0) is 12.3. The summed E-state index contributed by atoms with van der Waals surface area (Å²) in [5.74, 6) is 0. The summed E-state index contributed by atoms with van der Waals surface area (Å²) in [4.78, 5) is 10.3. The lowest BCUT2D eigenvalue weighted by Crippen LogP contribution is -2.21. The molecule has 0 fully saturated rings. The Morgan fingerprint density at radius 3 is 2.50 bits per heavy atom. The average molecular weight is 263 g/mol. The third-order valence-electron chi connectivity index (χ3n) is 2.32. The van der Waals surface area contributed by atoms with Crippen LogP contribution in [0.15, 0.2) is 12.1 Å². The van der Waals surface area contributed by atoms with Crippen LogP contribution in [0.1, 0.15) is 18.9 Å². The van der Waals surface area contributed by atoms with E-state index in [1.165, 1.54) is 12.1 Å². The number of hydrogen-bond donors (Lipinski definition) is 1. The monoisotopic (exact) mass is 262 g/mol. The van der Waals surface area contributed by atoms with Gasteiger partial charge in [0.05, 0.1) is 15.0 Å². The van der Waals surface area contributed by atoms with E-state index in [9.17, 15) is 10.1 Å². The molecule has 1 aromatic carbocycles. The van der Waals surface area contributed by atoms with Crippen LogP contribution in [-0.2, 0) is 6.42 Å². The molecule has 0 heterocycles. The smallest absolute Gasteiger partial charge is 0.274 e. The van der Waals surface area contributed by atoms with Crippen molar-refractivity contribution in [2.45, 2.75) is 25.8 Å². The van der Waals surface area contributed by atoms with Crippen LogP contribution in [0.5, 0.6) is 0 Å². The summed E-state index contributed by atoms with van der Waals surface area (Å²) < 4.78 is 0. The highest BCUT2D eigenvalue weighted by molar-refractivity contribution is 6.42. The predicted octanol–water partition coefficient (Wildman–Crippen LogP) is 3.18. The summed E-state index contributed by atoms with van der Waals surface area (Å²) in [7, 11) is 0. The minimum atomic E-state index is -0.472. The van der Waals surface area contributed by atoms with E-state index in [1.807, 2.05) is 6.92 Å². The maximum atomic E-state index is 10.8. The number of nitro groups is 1. The largest absolute Gasteiger partial charge is 0.327 e. The molecule has 0 saturated carbocycles. The summed E-state index contributed by atoms with van der Waals surface area (Å²) in [6.07, 6.45) is 1.17. The van der Waals surface area contributed by atoms with Crippen molar-refractivity contribution in [3.05, 3.63) is 37.9 Å². The first-order chi connectivity index (χ1) is 7.45. The number of rotatable bonds is 4. The predicted molar refractivity (Wildman–Crippen MR) is 65.1 cm³/mol. The van der Waals surface area contributed by atoms with E-state index in [0.29, 0.717) is 17.0 Å². The van der Waals surface area contributed by atoms with Gasteiger partial charge in [0.15, 0.2) is 0 Å². The van der Waals surface area contributed by atoms with Crippen LogP contribution in [0.3, 0.4) is 0 Å². The normalized spacial score (nSPS) is 12.5. The van der Waals surface area contributed by atoms with Gasteiger partial charge in [0.2, 0.25) is 0 Å². The highest BCUT2D eigenvalue weighted by Gasteiger charge is 2.18. The number of nitrogens with two attached hydrogens (primary N) is 1. The molecule has 0 aliphatic rings. The quantitative estimate of drug-likeness (QED) is 0.669. The SMILES string of the molecule is CCC(N)Cc1cc(Cl)c(Cl)cc1[N+](=O)[O-]. The van der Waals surface area contributed by atoms with Crippen molar-refractivity contribution in [2.24, 2.45) is 5.73 Å². The number of halogens is 2.